The molecule has 100 valence electrons. The van der Waals surface area contributed by atoms with E-state index in [1.165, 1.54) is 6.26 Å². The third kappa shape index (κ3) is 2.39. The fourth-order valence-corrected chi connectivity index (χ4v) is 4.41. The fraction of sp³-hybridized carbons (Fsp3) is 1.00. The Morgan fingerprint density at radius 1 is 1.29 bits per heavy atom. The van der Waals surface area contributed by atoms with Crippen LogP contribution >= 0.6 is 0 Å². The molecule has 2 aliphatic carbocycles. The number of rotatable bonds is 3. The first-order chi connectivity index (χ1) is 7.67. The zero-order valence-electron chi connectivity index (χ0n) is 11.1. The molecule has 3 unspecified atom stereocenters. The van der Waals surface area contributed by atoms with E-state index in [0.29, 0.717) is 6.42 Å². The van der Waals surface area contributed by atoms with Crippen LogP contribution in [0, 0.1) is 11.3 Å². The molecule has 0 spiro atoms. The lowest BCUT2D eigenvalue weighted by Crippen LogP contribution is -2.46. The van der Waals surface area contributed by atoms with Gasteiger partial charge >= 0.3 is 0 Å². The van der Waals surface area contributed by atoms with Gasteiger partial charge in [-0.1, -0.05) is 13.3 Å². The molecule has 3 nitrogen and oxygen atoms in total. The van der Waals surface area contributed by atoms with Crippen LogP contribution in [0.3, 0.4) is 0 Å². The standard InChI is InChI=1S/C13H24O3S/c1-12(7-8-12)13(2,14)10-5-4-6-11(9-10)17(3,15)16/h10-11,14H,4-9H2,1-3H3. The Hall–Kier alpha value is -0.0900. The Labute approximate surface area is 105 Å². The molecule has 0 saturated heterocycles. The minimum Gasteiger partial charge on any atom is -0.389 e. The second-order valence-electron chi connectivity index (χ2n) is 6.52. The Kier molecular flexibility index (Phi) is 3.10. The minimum atomic E-state index is -2.96. The van der Waals surface area contributed by atoms with Gasteiger partial charge in [0.1, 0.15) is 9.84 Å². The van der Waals surface area contributed by atoms with Crippen molar-refractivity contribution in [3.05, 3.63) is 0 Å². The average molecular weight is 260 g/mol. The number of hydrogen-bond donors (Lipinski definition) is 1. The van der Waals surface area contributed by atoms with Crippen LogP contribution < -0.4 is 0 Å². The van der Waals surface area contributed by atoms with Gasteiger partial charge in [0.25, 0.3) is 0 Å². The molecule has 0 radical (unpaired) electrons. The van der Waals surface area contributed by atoms with Crippen molar-refractivity contribution < 1.29 is 13.5 Å². The largest absolute Gasteiger partial charge is 0.389 e. The van der Waals surface area contributed by atoms with Gasteiger partial charge in [-0.05, 0) is 50.4 Å². The van der Waals surface area contributed by atoms with Crippen molar-refractivity contribution in [3.63, 3.8) is 0 Å². The molecular weight excluding hydrogens is 236 g/mol. The van der Waals surface area contributed by atoms with Gasteiger partial charge in [0.15, 0.2) is 0 Å². The summed E-state index contributed by atoms with van der Waals surface area (Å²) < 4.78 is 23.3. The summed E-state index contributed by atoms with van der Waals surface area (Å²) >= 11 is 0. The number of sulfone groups is 1. The highest BCUT2D eigenvalue weighted by Gasteiger charge is 2.56. The highest BCUT2D eigenvalue weighted by molar-refractivity contribution is 7.91. The van der Waals surface area contributed by atoms with Gasteiger partial charge in [-0.25, -0.2) is 8.42 Å². The van der Waals surface area contributed by atoms with E-state index in [1.807, 2.05) is 6.92 Å². The zero-order valence-corrected chi connectivity index (χ0v) is 11.9. The summed E-state index contributed by atoms with van der Waals surface area (Å²) in [6.45, 7) is 4.03. The van der Waals surface area contributed by atoms with E-state index >= 15 is 0 Å². The molecule has 0 bridgehead atoms. The molecule has 0 aliphatic heterocycles. The summed E-state index contributed by atoms with van der Waals surface area (Å²) in [6, 6.07) is 0. The normalized spacial score (nSPS) is 36.2. The molecule has 4 heteroatoms. The average Bonchev–Trinajstić information content (AvgIpc) is 2.97. The van der Waals surface area contributed by atoms with Crippen LogP contribution in [0.15, 0.2) is 0 Å². The van der Waals surface area contributed by atoms with Crippen molar-refractivity contribution in [2.45, 2.75) is 63.2 Å². The molecule has 0 aromatic rings. The highest BCUT2D eigenvalue weighted by Crippen LogP contribution is 2.58. The SMILES string of the molecule is CC1(C(C)(O)C2CCCC(S(C)(=O)=O)C2)CC1. The van der Waals surface area contributed by atoms with Gasteiger partial charge in [0, 0.05) is 6.26 Å². The summed E-state index contributed by atoms with van der Waals surface area (Å²) in [5.41, 5.74) is -0.673. The predicted octanol–water partition coefficient (Wildman–Crippen LogP) is 2.14. The van der Waals surface area contributed by atoms with Gasteiger partial charge in [0.05, 0.1) is 10.9 Å². The van der Waals surface area contributed by atoms with Gasteiger partial charge < -0.3 is 5.11 Å². The van der Waals surface area contributed by atoms with Crippen LogP contribution in [0.2, 0.25) is 0 Å². The van der Waals surface area contributed by atoms with E-state index in [9.17, 15) is 13.5 Å². The lowest BCUT2D eigenvalue weighted by molar-refractivity contribution is -0.0714. The molecule has 0 heterocycles. The summed E-state index contributed by atoms with van der Waals surface area (Å²) in [5, 5.41) is 10.5. The maximum atomic E-state index is 11.6. The van der Waals surface area contributed by atoms with Gasteiger partial charge in [-0.15, -0.1) is 0 Å². The smallest absolute Gasteiger partial charge is 0.150 e. The van der Waals surface area contributed by atoms with Gasteiger partial charge in [-0.3, -0.25) is 0 Å². The topological polar surface area (TPSA) is 54.4 Å². The van der Waals surface area contributed by atoms with Crippen molar-refractivity contribution in [2.75, 3.05) is 6.26 Å². The van der Waals surface area contributed by atoms with Crippen LogP contribution in [0.1, 0.15) is 52.4 Å². The lowest BCUT2D eigenvalue weighted by Gasteiger charge is -2.42. The quantitative estimate of drug-likeness (QED) is 0.846. The van der Waals surface area contributed by atoms with Crippen LogP contribution in [0.4, 0.5) is 0 Å². The van der Waals surface area contributed by atoms with E-state index in [4.69, 9.17) is 0 Å². The van der Waals surface area contributed by atoms with Gasteiger partial charge in [0.2, 0.25) is 0 Å². The molecular formula is C13H24O3S. The summed E-state index contributed by atoms with van der Waals surface area (Å²) in [4.78, 5) is 0. The Bertz CT molecular complexity index is 393. The third-order valence-electron chi connectivity index (χ3n) is 5.25. The monoisotopic (exact) mass is 260 g/mol. The van der Waals surface area contributed by atoms with Crippen LogP contribution in [0.5, 0.6) is 0 Å². The van der Waals surface area contributed by atoms with E-state index < -0.39 is 15.4 Å². The molecule has 17 heavy (non-hydrogen) atoms. The van der Waals surface area contributed by atoms with Crippen molar-refractivity contribution >= 4 is 9.84 Å². The molecule has 0 aromatic heterocycles. The van der Waals surface area contributed by atoms with E-state index in [-0.39, 0.29) is 16.6 Å². The first-order valence-electron chi connectivity index (χ1n) is 6.58. The molecule has 2 aliphatic rings. The van der Waals surface area contributed by atoms with Crippen LogP contribution in [0.25, 0.3) is 0 Å². The van der Waals surface area contributed by atoms with Crippen molar-refractivity contribution in [1.29, 1.82) is 0 Å². The van der Waals surface area contributed by atoms with E-state index in [2.05, 4.69) is 6.92 Å². The zero-order chi connectivity index (χ0) is 12.9. The van der Waals surface area contributed by atoms with Crippen molar-refractivity contribution in [1.82, 2.24) is 0 Å². The Morgan fingerprint density at radius 3 is 2.35 bits per heavy atom. The first-order valence-corrected chi connectivity index (χ1v) is 8.53. The second kappa shape index (κ2) is 3.95. The maximum absolute atomic E-state index is 11.6. The summed E-state index contributed by atoms with van der Waals surface area (Å²) in [6.07, 6.45) is 6.76. The Balaban J connectivity index is 2.12. The fourth-order valence-electron chi connectivity index (χ4n) is 3.23. The number of hydrogen-bond acceptors (Lipinski definition) is 3. The predicted molar refractivity (Wildman–Crippen MR) is 68.6 cm³/mol. The summed E-state index contributed by atoms with van der Waals surface area (Å²) in [5.74, 6) is 0.142. The minimum absolute atomic E-state index is 0.0249. The van der Waals surface area contributed by atoms with Crippen LogP contribution in [-0.2, 0) is 9.84 Å². The van der Waals surface area contributed by atoms with Crippen molar-refractivity contribution in [3.8, 4) is 0 Å². The number of aliphatic hydroxyl groups is 1. The van der Waals surface area contributed by atoms with E-state index in [1.54, 1.807) is 0 Å². The molecule has 0 aromatic carbocycles. The summed E-state index contributed by atoms with van der Waals surface area (Å²) in [7, 11) is -2.96. The first kappa shape index (κ1) is 13.3. The van der Waals surface area contributed by atoms with E-state index in [0.717, 1.165) is 32.1 Å². The van der Waals surface area contributed by atoms with Gasteiger partial charge in [-0.2, -0.15) is 0 Å². The van der Waals surface area contributed by atoms with Crippen LogP contribution in [-0.4, -0.2) is 30.6 Å². The second-order valence-corrected chi connectivity index (χ2v) is 8.85. The molecule has 2 rings (SSSR count). The lowest BCUT2D eigenvalue weighted by atomic mass is 9.70. The maximum Gasteiger partial charge on any atom is 0.150 e. The molecule has 2 saturated carbocycles. The third-order valence-corrected chi connectivity index (χ3v) is 6.89. The molecule has 2 fully saturated rings. The molecule has 0 amide bonds. The Morgan fingerprint density at radius 2 is 1.88 bits per heavy atom. The molecule has 1 N–H and O–H groups in total. The van der Waals surface area contributed by atoms with Crippen molar-refractivity contribution in [2.24, 2.45) is 11.3 Å². The molecule has 3 atom stereocenters. The highest BCUT2D eigenvalue weighted by atomic mass is 32.2.